The quantitative estimate of drug-likeness (QED) is 0.867. The summed E-state index contributed by atoms with van der Waals surface area (Å²) in [7, 11) is -3.41. The largest absolute Gasteiger partial charge is 0.386 e. The van der Waals surface area contributed by atoms with Crippen molar-refractivity contribution in [2.45, 2.75) is 30.0 Å². The van der Waals surface area contributed by atoms with Crippen molar-refractivity contribution in [3.05, 3.63) is 35.4 Å². The second-order valence-corrected chi connectivity index (χ2v) is 8.44. The summed E-state index contributed by atoms with van der Waals surface area (Å²) in [4.78, 5) is 0. The van der Waals surface area contributed by atoms with Crippen molar-refractivity contribution >= 4 is 25.8 Å². The second kappa shape index (κ2) is 5.08. The Bertz CT molecular complexity index is 481. The summed E-state index contributed by atoms with van der Waals surface area (Å²) in [6, 6.07) is 7.20. The van der Waals surface area contributed by atoms with E-state index in [9.17, 15) is 13.5 Å². The highest BCUT2D eigenvalue weighted by molar-refractivity contribution is 9.11. The molecule has 1 rings (SSSR count). The Kier molecular flexibility index (Phi) is 4.38. The number of hydrogen-bond donors (Lipinski definition) is 1. The molecule has 0 aliphatic carbocycles. The van der Waals surface area contributed by atoms with Gasteiger partial charge in [-0.1, -0.05) is 52.7 Å². The van der Waals surface area contributed by atoms with Gasteiger partial charge in [0.15, 0.2) is 13.5 Å². The molecule has 0 radical (unpaired) electrons. The summed E-state index contributed by atoms with van der Waals surface area (Å²) in [6.45, 7) is 3.67. The third-order valence-electron chi connectivity index (χ3n) is 2.90. The van der Waals surface area contributed by atoms with E-state index < -0.39 is 19.6 Å². The van der Waals surface area contributed by atoms with Crippen LogP contribution in [0.5, 0.6) is 0 Å². The topological polar surface area (TPSA) is 54.4 Å². The lowest BCUT2D eigenvalue weighted by atomic mass is 10.0. The Balaban J connectivity index is 3.19. The van der Waals surface area contributed by atoms with Gasteiger partial charge in [0, 0.05) is 6.26 Å². The molecule has 5 heteroatoms. The summed E-state index contributed by atoms with van der Waals surface area (Å²) in [6.07, 6.45) is 0.340. The molecule has 0 aliphatic heterocycles. The Morgan fingerprint density at radius 3 is 2.18 bits per heavy atom. The fourth-order valence-electron chi connectivity index (χ4n) is 1.66. The lowest BCUT2D eigenvalue weighted by molar-refractivity contribution is 0.160. The van der Waals surface area contributed by atoms with Crippen LogP contribution in [0.3, 0.4) is 0 Å². The molecule has 0 saturated heterocycles. The van der Waals surface area contributed by atoms with Gasteiger partial charge in [0.05, 0.1) is 0 Å². The summed E-state index contributed by atoms with van der Waals surface area (Å²) < 4.78 is 22.2. The van der Waals surface area contributed by atoms with E-state index in [-0.39, 0.29) is 0 Å². The molecule has 0 fully saturated rings. The number of hydrogen-bond acceptors (Lipinski definition) is 3. The molecule has 0 aliphatic rings. The number of aliphatic hydroxyl groups excluding tert-OH is 1. The van der Waals surface area contributed by atoms with E-state index in [1.54, 1.807) is 19.1 Å². The van der Waals surface area contributed by atoms with E-state index in [4.69, 9.17) is 0 Å². The Morgan fingerprint density at radius 1 is 1.35 bits per heavy atom. The average Bonchev–Trinajstić information content (AvgIpc) is 2.26. The van der Waals surface area contributed by atoms with Crippen LogP contribution in [0.4, 0.5) is 0 Å². The molecule has 0 aromatic heterocycles. The smallest absolute Gasteiger partial charge is 0.166 e. The van der Waals surface area contributed by atoms with Crippen LogP contribution in [-0.4, -0.2) is 23.4 Å². The summed E-state index contributed by atoms with van der Waals surface area (Å²) in [5, 5.41) is 10.2. The van der Waals surface area contributed by atoms with Gasteiger partial charge in [-0.3, -0.25) is 0 Å². The molecular formula is C12H17BrO3S. The SMILES string of the molecule is CC[C@](Br)([C@@H](O)c1ccc(C)cc1)S(C)(=O)=O. The van der Waals surface area contributed by atoms with Gasteiger partial charge < -0.3 is 5.11 Å². The lowest BCUT2D eigenvalue weighted by Gasteiger charge is -2.30. The van der Waals surface area contributed by atoms with Crippen molar-refractivity contribution in [3.63, 3.8) is 0 Å². The first kappa shape index (κ1) is 14.7. The fourth-order valence-corrected chi connectivity index (χ4v) is 2.99. The van der Waals surface area contributed by atoms with Gasteiger partial charge in [0.2, 0.25) is 0 Å². The van der Waals surface area contributed by atoms with Gasteiger partial charge in [-0.15, -0.1) is 0 Å². The number of rotatable bonds is 4. The summed E-state index contributed by atoms with van der Waals surface area (Å²) in [5.41, 5.74) is 1.66. The minimum atomic E-state index is -3.41. The van der Waals surface area contributed by atoms with Gasteiger partial charge in [0.1, 0.15) is 6.10 Å². The van der Waals surface area contributed by atoms with Crippen molar-refractivity contribution in [1.82, 2.24) is 0 Å². The normalized spacial score (nSPS) is 17.5. The number of benzene rings is 1. The first-order chi connectivity index (χ1) is 7.72. The van der Waals surface area contributed by atoms with E-state index in [1.165, 1.54) is 0 Å². The lowest BCUT2D eigenvalue weighted by Crippen LogP contribution is -2.37. The number of aliphatic hydroxyl groups is 1. The van der Waals surface area contributed by atoms with Gasteiger partial charge in [-0.2, -0.15) is 0 Å². The van der Waals surface area contributed by atoms with E-state index in [0.29, 0.717) is 12.0 Å². The van der Waals surface area contributed by atoms with E-state index >= 15 is 0 Å². The van der Waals surface area contributed by atoms with Gasteiger partial charge in [-0.05, 0) is 18.9 Å². The predicted molar refractivity (Wildman–Crippen MR) is 72.9 cm³/mol. The predicted octanol–water partition coefficient (Wildman–Crippen LogP) is 2.57. The fraction of sp³-hybridized carbons (Fsp3) is 0.500. The Hall–Kier alpha value is -0.390. The van der Waals surface area contributed by atoms with Crippen LogP contribution >= 0.6 is 15.9 Å². The molecule has 0 spiro atoms. The zero-order valence-corrected chi connectivity index (χ0v) is 12.5. The van der Waals surface area contributed by atoms with Crippen LogP contribution in [0.25, 0.3) is 0 Å². The molecule has 17 heavy (non-hydrogen) atoms. The molecule has 0 heterocycles. The maximum Gasteiger partial charge on any atom is 0.166 e. The van der Waals surface area contributed by atoms with Crippen LogP contribution in [0, 0.1) is 6.92 Å². The zero-order valence-electron chi connectivity index (χ0n) is 10.1. The average molecular weight is 321 g/mol. The maximum absolute atomic E-state index is 11.8. The van der Waals surface area contributed by atoms with E-state index in [2.05, 4.69) is 15.9 Å². The van der Waals surface area contributed by atoms with E-state index in [1.807, 2.05) is 19.1 Å². The van der Waals surface area contributed by atoms with Gasteiger partial charge >= 0.3 is 0 Å². The number of sulfone groups is 1. The molecule has 0 unspecified atom stereocenters. The van der Waals surface area contributed by atoms with Crippen LogP contribution in [0.2, 0.25) is 0 Å². The number of halogens is 1. The van der Waals surface area contributed by atoms with Crippen molar-refractivity contribution in [2.75, 3.05) is 6.26 Å². The van der Waals surface area contributed by atoms with Crippen LogP contribution < -0.4 is 0 Å². The standard InChI is InChI=1S/C12H17BrO3S/c1-4-12(13,17(3,15)16)11(14)10-7-5-9(2)6-8-10/h5-8,11,14H,4H2,1-3H3/t11-,12+/m0/s1. The van der Waals surface area contributed by atoms with Crippen LogP contribution in [-0.2, 0) is 9.84 Å². The van der Waals surface area contributed by atoms with Crippen molar-refractivity contribution in [3.8, 4) is 0 Å². The van der Waals surface area contributed by atoms with Gasteiger partial charge in [0.25, 0.3) is 0 Å². The molecule has 1 aromatic rings. The molecular weight excluding hydrogens is 304 g/mol. The zero-order chi connectivity index (χ0) is 13.3. The highest BCUT2D eigenvalue weighted by atomic mass is 79.9. The first-order valence-corrected chi connectivity index (χ1v) is 8.04. The molecule has 1 N–H and O–H groups in total. The van der Waals surface area contributed by atoms with Gasteiger partial charge in [-0.25, -0.2) is 8.42 Å². The molecule has 1 aromatic carbocycles. The summed E-state index contributed by atoms with van der Waals surface area (Å²) >= 11 is 3.19. The number of alkyl halides is 1. The third kappa shape index (κ3) is 2.89. The molecule has 2 atom stereocenters. The number of aryl methyl sites for hydroxylation is 1. The van der Waals surface area contributed by atoms with Crippen LogP contribution in [0.15, 0.2) is 24.3 Å². The van der Waals surface area contributed by atoms with Crippen molar-refractivity contribution in [2.24, 2.45) is 0 Å². The second-order valence-electron chi connectivity index (χ2n) is 4.23. The van der Waals surface area contributed by atoms with Crippen molar-refractivity contribution < 1.29 is 13.5 Å². The molecule has 0 saturated carbocycles. The summed E-state index contributed by atoms with van der Waals surface area (Å²) in [5.74, 6) is 0. The molecule has 3 nitrogen and oxygen atoms in total. The maximum atomic E-state index is 11.8. The minimum absolute atomic E-state index is 0.293. The highest BCUT2D eigenvalue weighted by Crippen LogP contribution is 2.41. The van der Waals surface area contributed by atoms with Crippen LogP contribution in [0.1, 0.15) is 30.6 Å². The van der Waals surface area contributed by atoms with E-state index in [0.717, 1.165) is 11.8 Å². The molecule has 0 bridgehead atoms. The highest BCUT2D eigenvalue weighted by Gasteiger charge is 2.44. The first-order valence-electron chi connectivity index (χ1n) is 5.35. The Labute approximate surface area is 111 Å². The molecule has 96 valence electrons. The third-order valence-corrected chi connectivity index (χ3v) is 7.40. The Morgan fingerprint density at radius 2 is 1.82 bits per heavy atom. The molecule has 0 amide bonds. The van der Waals surface area contributed by atoms with Crippen molar-refractivity contribution in [1.29, 1.82) is 0 Å². The monoisotopic (exact) mass is 320 g/mol. The minimum Gasteiger partial charge on any atom is -0.386 e.